The number of rotatable bonds is 4. The Balaban J connectivity index is 2.39. The topological polar surface area (TPSA) is 50.9 Å². The molecule has 0 aromatic carbocycles. The Morgan fingerprint density at radius 3 is 2.86 bits per heavy atom. The maximum Gasteiger partial charge on any atom is 0.247 e. The van der Waals surface area contributed by atoms with Crippen LogP contribution in [0, 0.1) is 0 Å². The minimum atomic E-state index is -2.65. The molecule has 1 aromatic rings. The first kappa shape index (κ1) is 10.7. The molecule has 0 radical (unpaired) electrons. The summed E-state index contributed by atoms with van der Waals surface area (Å²) in [5.41, 5.74) is 6.05. The first-order valence-electron chi connectivity index (χ1n) is 4.30. The predicted molar refractivity (Wildman–Crippen MR) is 52.4 cm³/mol. The van der Waals surface area contributed by atoms with Crippen LogP contribution in [0.1, 0.15) is 13.3 Å². The SMILES string of the molecule is CC(F)(F)CCNc1cc(N)ccn1. The number of hydrogen-bond acceptors (Lipinski definition) is 3. The van der Waals surface area contributed by atoms with Gasteiger partial charge in [-0.25, -0.2) is 13.8 Å². The Kier molecular flexibility index (Phi) is 3.22. The number of halogens is 2. The van der Waals surface area contributed by atoms with E-state index in [9.17, 15) is 8.78 Å². The number of pyridine rings is 1. The van der Waals surface area contributed by atoms with Crippen LogP contribution in [0.5, 0.6) is 0 Å². The lowest BCUT2D eigenvalue weighted by Gasteiger charge is -2.10. The second kappa shape index (κ2) is 4.21. The van der Waals surface area contributed by atoms with Gasteiger partial charge in [0, 0.05) is 30.9 Å². The second-order valence-electron chi connectivity index (χ2n) is 3.22. The average molecular weight is 201 g/mol. The van der Waals surface area contributed by atoms with Crippen molar-refractivity contribution in [3.05, 3.63) is 18.3 Å². The first-order chi connectivity index (χ1) is 6.47. The number of anilines is 2. The van der Waals surface area contributed by atoms with E-state index in [4.69, 9.17) is 5.73 Å². The molecule has 0 unspecified atom stereocenters. The van der Waals surface area contributed by atoms with E-state index < -0.39 is 5.92 Å². The highest BCUT2D eigenvalue weighted by atomic mass is 19.3. The van der Waals surface area contributed by atoms with Crippen molar-refractivity contribution in [2.75, 3.05) is 17.6 Å². The van der Waals surface area contributed by atoms with E-state index in [1.54, 1.807) is 12.1 Å². The van der Waals surface area contributed by atoms with E-state index in [1.165, 1.54) is 6.20 Å². The Labute approximate surface area is 81.3 Å². The third kappa shape index (κ3) is 4.02. The molecule has 1 aromatic heterocycles. The van der Waals surface area contributed by atoms with E-state index in [0.717, 1.165) is 6.92 Å². The van der Waals surface area contributed by atoms with Gasteiger partial charge in [0.1, 0.15) is 5.82 Å². The zero-order valence-electron chi connectivity index (χ0n) is 7.93. The maximum absolute atomic E-state index is 12.4. The molecule has 1 heterocycles. The zero-order chi connectivity index (χ0) is 10.6. The molecule has 0 saturated heterocycles. The van der Waals surface area contributed by atoms with Crippen LogP contribution in [0.3, 0.4) is 0 Å². The average Bonchev–Trinajstić information content (AvgIpc) is 2.01. The third-order valence-electron chi connectivity index (χ3n) is 1.65. The standard InChI is InChI=1S/C9H13F2N3/c1-9(10,11)3-5-14-8-6-7(12)2-4-13-8/h2,4,6H,3,5H2,1H3,(H3,12,13,14). The summed E-state index contributed by atoms with van der Waals surface area (Å²) in [4.78, 5) is 3.92. The highest BCUT2D eigenvalue weighted by molar-refractivity contribution is 5.48. The third-order valence-corrected chi connectivity index (χ3v) is 1.65. The summed E-state index contributed by atoms with van der Waals surface area (Å²) >= 11 is 0. The lowest BCUT2D eigenvalue weighted by Crippen LogP contribution is -2.16. The summed E-state index contributed by atoms with van der Waals surface area (Å²) in [6, 6.07) is 3.24. The fraction of sp³-hybridized carbons (Fsp3) is 0.444. The van der Waals surface area contributed by atoms with Crippen LogP contribution in [0.4, 0.5) is 20.3 Å². The van der Waals surface area contributed by atoms with Crippen molar-refractivity contribution in [1.82, 2.24) is 4.98 Å². The Morgan fingerprint density at radius 1 is 1.57 bits per heavy atom. The molecule has 0 saturated carbocycles. The summed E-state index contributed by atoms with van der Waals surface area (Å²) in [5.74, 6) is -2.12. The Bertz CT molecular complexity index is 296. The molecule has 0 bridgehead atoms. The van der Waals surface area contributed by atoms with Crippen molar-refractivity contribution in [3.8, 4) is 0 Å². The van der Waals surface area contributed by atoms with Crippen molar-refractivity contribution in [3.63, 3.8) is 0 Å². The minimum Gasteiger partial charge on any atom is -0.399 e. The van der Waals surface area contributed by atoms with Crippen molar-refractivity contribution in [1.29, 1.82) is 0 Å². The van der Waals surface area contributed by atoms with E-state index in [1.807, 2.05) is 0 Å². The highest BCUT2D eigenvalue weighted by Gasteiger charge is 2.19. The van der Waals surface area contributed by atoms with Crippen molar-refractivity contribution < 1.29 is 8.78 Å². The predicted octanol–water partition coefficient (Wildman–Crippen LogP) is 2.12. The first-order valence-corrected chi connectivity index (χ1v) is 4.30. The van der Waals surface area contributed by atoms with Gasteiger partial charge in [-0.2, -0.15) is 0 Å². The number of aromatic nitrogens is 1. The van der Waals surface area contributed by atoms with Crippen LogP contribution in [-0.2, 0) is 0 Å². The van der Waals surface area contributed by atoms with E-state index in [-0.39, 0.29) is 13.0 Å². The van der Waals surface area contributed by atoms with Crippen LogP contribution in [-0.4, -0.2) is 17.5 Å². The van der Waals surface area contributed by atoms with Gasteiger partial charge in [-0.1, -0.05) is 0 Å². The Morgan fingerprint density at radius 2 is 2.29 bits per heavy atom. The van der Waals surface area contributed by atoms with Gasteiger partial charge in [0.2, 0.25) is 5.92 Å². The smallest absolute Gasteiger partial charge is 0.247 e. The molecule has 1 rings (SSSR count). The fourth-order valence-corrected chi connectivity index (χ4v) is 0.954. The molecule has 3 N–H and O–H groups in total. The molecule has 0 amide bonds. The molecule has 0 aliphatic heterocycles. The van der Waals surface area contributed by atoms with Gasteiger partial charge in [-0.15, -0.1) is 0 Å². The monoisotopic (exact) mass is 201 g/mol. The molecule has 0 spiro atoms. The van der Waals surface area contributed by atoms with E-state index in [0.29, 0.717) is 11.5 Å². The van der Waals surface area contributed by atoms with Gasteiger partial charge in [-0.3, -0.25) is 0 Å². The number of nitrogens with zero attached hydrogens (tertiary/aromatic N) is 1. The minimum absolute atomic E-state index is 0.181. The fourth-order valence-electron chi connectivity index (χ4n) is 0.954. The van der Waals surface area contributed by atoms with Gasteiger partial charge in [0.15, 0.2) is 0 Å². The number of nitrogen functional groups attached to an aromatic ring is 1. The maximum atomic E-state index is 12.4. The van der Waals surface area contributed by atoms with Gasteiger partial charge in [0.25, 0.3) is 0 Å². The quantitative estimate of drug-likeness (QED) is 0.784. The molecular weight excluding hydrogens is 188 g/mol. The number of hydrogen-bond donors (Lipinski definition) is 2. The summed E-state index contributed by atoms with van der Waals surface area (Å²) in [6.45, 7) is 1.07. The molecule has 3 nitrogen and oxygen atoms in total. The summed E-state index contributed by atoms with van der Waals surface area (Å²) in [5, 5.41) is 2.77. The number of alkyl halides is 2. The van der Waals surface area contributed by atoms with E-state index >= 15 is 0 Å². The molecule has 0 aliphatic carbocycles. The lowest BCUT2D eigenvalue weighted by molar-refractivity contribution is 0.0167. The van der Waals surface area contributed by atoms with Crippen LogP contribution >= 0.6 is 0 Å². The normalized spacial score (nSPS) is 11.4. The van der Waals surface area contributed by atoms with Crippen molar-refractivity contribution in [2.24, 2.45) is 0 Å². The summed E-state index contributed by atoms with van der Waals surface area (Å²) in [7, 11) is 0. The molecule has 78 valence electrons. The van der Waals surface area contributed by atoms with Crippen molar-refractivity contribution in [2.45, 2.75) is 19.3 Å². The van der Waals surface area contributed by atoms with Crippen LogP contribution in [0.25, 0.3) is 0 Å². The second-order valence-corrected chi connectivity index (χ2v) is 3.22. The highest BCUT2D eigenvalue weighted by Crippen LogP contribution is 2.16. The van der Waals surface area contributed by atoms with Crippen LogP contribution in [0.2, 0.25) is 0 Å². The molecule has 0 atom stereocenters. The largest absolute Gasteiger partial charge is 0.399 e. The van der Waals surface area contributed by atoms with Gasteiger partial charge in [0.05, 0.1) is 0 Å². The van der Waals surface area contributed by atoms with E-state index in [2.05, 4.69) is 10.3 Å². The van der Waals surface area contributed by atoms with Gasteiger partial charge >= 0.3 is 0 Å². The number of nitrogens with one attached hydrogen (secondary N) is 1. The molecular formula is C9H13F2N3. The lowest BCUT2D eigenvalue weighted by atomic mass is 10.3. The number of nitrogens with two attached hydrogens (primary N) is 1. The summed E-state index contributed by atoms with van der Waals surface area (Å²) in [6.07, 6.45) is 1.31. The zero-order valence-corrected chi connectivity index (χ0v) is 7.93. The van der Waals surface area contributed by atoms with Crippen LogP contribution < -0.4 is 11.1 Å². The molecule has 5 heteroatoms. The molecule has 0 aliphatic rings. The molecule has 14 heavy (non-hydrogen) atoms. The van der Waals surface area contributed by atoms with Gasteiger partial charge < -0.3 is 11.1 Å². The Hall–Kier alpha value is -1.39. The molecule has 0 fully saturated rings. The van der Waals surface area contributed by atoms with Gasteiger partial charge in [-0.05, 0) is 13.0 Å². The van der Waals surface area contributed by atoms with Crippen LogP contribution in [0.15, 0.2) is 18.3 Å². The van der Waals surface area contributed by atoms with Crippen molar-refractivity contribution >= 4 is 11.5 Å². The summed E-state index contributed by atoms with van der Waals surface area (Å²) < 4.78 is 24.8.